The molecule has 0 amide bonds. The molecule has 4 heteroatoms. The Labute approximate surface area is 124 Å². The molecular formula is C16H19N3S. The first-order valence-corrected chi connectivity index (χ1v) is 7.56. The lowest BCUT2D eigenvalue weighted by atomic mass is 9.75. The van der Waals surface area contributed by atoms with E-state index in [9.17, 15) is 5.26 Å². The summed E-state index contributed by atoms with van der Waals surface area (Å²) in [5.74, 6) is 0. The molecule has 0 aliphatic heterocycles. The Morgan fingerprint density at radius 2 is 2.25 bits per heavy atom. The van der Waals surface area contributed by atoms with E-state index in [-0.39, 0.29) is 0 Å². The maximum absolute atomic E-state index is 9.22. The number of benzene rings is 1. The summed E-state index contributed by atoms with van der Waals surface area (Å²) < 4.78 is 2.97. The fraction of sp³-hybridized carbons (Fsp3) is 0.500. The zero-order valence-corrected chi connectivity index (χ0v) is 12.8. The van der Waals surface area contributed by atoms with Crippen LogP contribution >= 0.6 is 12.2 Å². The van der Waals surface area contributed by atoms with Crippen molar-refractivity contribution in [2.24, 2.45) is 5.41 Å². The molecular weight excluding hydrogens is 266 g/mol. The molecule has 0 radical (unpaired) electrons. The van der Waals surface area contributed by atoms with Gasteiger partial charge >= 0.3 is 0 Å². The third kappa shape index (κ3) is 2.16. The molecule has 0 saturated heterocycles. The third-order valence-corrected chi connectivity index (χ3v) is 4.72. The predicted molar refractivity (Wildman–Crippen MR) is 83.1 cm³/mol. The van der Waals surface area contributed by atoms with Crippen molar-refractivity contribution in [1.82, 2.24) is 9.55 Å². The van der Waals surface area contributed by atoms with Crippen molar-refractivity contribution in [3.63, 3.8) is 0 Å². The van der Waals surface area contributed by atoms with E-state index < -0.39 is 0 Å². The van der Waals surface area contributed by atoms with Gasteiger partial charge in [0.2, 0.25) is 0 Å². The van der Waals surface area contributed by atoms with Crippen molar-refractivity contribution >= 4 is 23.3 Å². The van der Waals surface area contributed by atoms with E-state index in [1.807, 2.05) is 12.1 Å². The first-order valence-electron chi connectivity index (χ1n) is 7.15. The molecule has 1 unspecified atom stereocenters. The van der Waals surface area contributed by atoms with Crippen LogP contribution in [0.2, 0.25) is 0 Å². The molecule has 1 aromatic carbocycles. The van der Waals surface area contributed by atoms with Crippen LogP contribution in [0.4, 0.5) is 0 Å². The van der Waals surface area contributed by atoms with Crippen molar-refractivity contribution in [3.8, 4) is 6.07 Å². The fourth-order valence-corrected chi connectivity index (χ4v) is 3.83. The van der Waals surface area contributed by atoms with Crippen molar-refractivity contribution in [2.45, 2.75) is 45.6 Å². The van der Waals surface area contributed by atoms with E-state index in [1.165, 1.54) is 19.3 Å². The van der Waals surface area contributed by atoms with Gasteiger partial charge in [-0.05, 0) is 49.0 Å². The highest BCUT2D eigenvalue weighted by Gasteiger charge is 2.30. The van der Waals surface area contributed by atoms with Crippen LogP contribution in [0.15, 0.2) is 18.2 Å². The second kappa shape index (κ2) is 4.75. The molecule has 1 saturated carbocycles. The summed E-state index contributed by atoms with van der Waals surface area (Å²) in [6.45, 7) is 4.66. The Hall–Kier alpha value is -1.60. The molecule has 104 valence electrons. The summed E-state index contributed by atoms with van der Waals surface area (Å²) >= 11 is 5.51. The molecule has 3 nitrogen and oxygen atoms in total. The normalized spacial score (nSPS) is 21.8. The highest BCUT2D eigenvalue weighted by atomic mass is 32.1. The summed E-state index contributed by atoms with van der Waals surface area (Å²) in [4.78, 5) is 3.23. The second-order valence-electron chi connectivity index (χ2n) is 6.53. The van der Waals surface area contributed by atoms with Crippen molar-refractivity contribution in [3.05, 3.63) is 28.5 Å². The van der Waals surface area contributed by atoms with E-state index in [0.717, 1.165) is 22.2 Å². The van der Waals surface area contributed by atoms with Crippen LogP contribution in [-0.2, 0) is 0 Å². The quantitative estimate of drug-likeness (QED) is 0.771. The number of aromatic nitrogens is 2. The number of nitriles is 1. The van der Waals surface area contributed by atoms with Crippen LogP contribution < -0.4 is 0 Å². The number of para-hydroxylation sites is 1. The number of H-pyrrole nitrogens is 1. The van der Waals surface area contributed by atoms with Crippen LogP contribution in [0, 0.1) is 21.5 Å². The molecule has 3 rings (SSSR count). The number of fused-ring (bicyclic) bond motifs is 1. The van der Waals surface area contributed by atoms with E-state index in [1.54, 1.807) is 0 Å². The second-order valence-corrected chi connectivity index (χ2v) is 6.91. The van der Waals surface area contributed by atoms with Gasteiger partial charge in [-0.1, -0.05) is 26.3 Å². The molecule has 1 aliphatic rings. The molecule has 1 fully saturated rings. The number of nitrogens with one attached hydrogen (secondary N) is 1. The molecule has 1 aliphatic carbocycles. The van der Waals surface area contributed by atoms with Gasteiger partial charge in [-0.2, -0.15) is 5.26 Å². The van der Waals surface area contributed by atoms with Crippen molar-refractivity contribution in [2.75, 3.05) is 0 Å². The largest absolute Gasteiger partial charge is 0.329 e. The average Bonchev–Trinajstić information content (AvgIpc) is 2.73. The lowest BCUT2D eigenvalue weighted by Gasteiger charge is -2.36. The molecule has 1 atom stereocenters. The minimum Gasteiger partial charge on any atom is -0.329 e. The first kappa shape index (κ1) is 13.4. The molecule has 1 N–H and O–H groups in total. The maximum Gasteiger partial charge on any atom is 0.178 e. The Morgan fingerprint density at radius 3 is 2.95 bits per heavy atom. The lowest BCUT2D eigenvalue weighted by molar-refractivity contribution is 0.185. The topological polar surface area (TPSA) is 44.5 Å². The van der Waals surface area contributed by atoms with Gasteiger partial charge in [-0.3, -0.25) is 0 Å². The fourth-order valence-electron chi connectivity index (χ4n) is 3.48. The van der Waals surface area contributed by atoms with Crippen LogP contribution in [0.1, 0.15) is 51.1 Å². The minimum absolute atomic E-state index is 0.369. The number of hydrogen-bond donors (Lipinski definition) is 1. The standard InChI is InChI=1S/C16H19N3S/c1-16(2)8-4-6-12(9-16)19-13-7-3-5-11(10-17)14(13)18-15(19)20/h3,5,7,12H,4,6,8-9H2,1-2H3,(H,18,20). The zero-order chi connectivity index (χ0) is 14.3. The predicted octanol–water partition coefficient (Wildman–Crippen LogP) is 4.71. The van der Waals surface area contributed by atoms with Crippen LogP contribution in [0.25, 0.3) is 11.0 Å². The van der Waals surface area contributed by atoms with E-state index in [0.29, 0.717) is 17.0 Å². The number of hydrogen-bond acceptors (Lipinski definition) is 2. The molecule has 1 heterocycles. The van der Waals surface area contributed by atoms with E-state index in [4.69, 9.17) is 12.2 Å². The summed E-state index contributed by atoms with van der Waals surface area (Å²) in [5, 5.41) is 9.22. The van der Waals surface area contributed by atoms with Gasteiger partial charge in [0, 0.05) is 6.04 Å². The van der Waals surface area contributed by atoms with Gasteiger partial charge in [0.05, 0.1) is 16.6 Å². The Balaban J connectivity index is 2.15. The van der Waals surface area contributed by atoms with E-state index in [2.05, 4.69) is 35.5 Å². The Morgan fingerprint density at radius 1 is 1.45 bits per heavy atom. The van der Waals surface area contributed by atoms with Crippen molar-refractivity contribution < 1.29 is 0 Å². The van der Waals surface area contributed by atoms with Crippen LogP contribution in [0.5, 0.6) is 0 Å². The Bertz CT molecular complexity index is 745. The summed E-state index contributed by atoms with van der Waals surface area (Å²) in [6, 6.07) is 8.51. The van der Waals surface area contributed by atoms with Gasteiger partial charge in [-0.25, -0.2) is 0 Å². The molecule has 20 heavy (non-hydrogen) atoms. The molecule has 2 aromatic rings. The third-order valence-electron chi connectivity index (χ3n) is 4.42. The van der Waals surface area contributed by atoms with Gasteiger partial charge in [-0.15, -0.1) is 0 Å². The lowest BCUT2D eigenvalue weighted by Crippen LogP contribution is -2.25. The zero-order valence-electron chi connectivity index (χ0n) is 11.9. The molecule has 1 aromatic heterocycles. The highest BCUT2D eigenvalue weighted by Crippen LogP contribution is 2.42. The summed E-state index contributed by atoms with van der Waals surface area (Å²) in [6.07, 6.45) is 4.83. The minimum atomic E-state index is 0.369. The number of rotatable bonds is 1. The molecule has 0 spiro atoms. The van der Waals surface area contributed by atoms with Gasteiger partial charge in [0.1, 0.15) is 6.07 Å². The van der Waals surface area contributed by atoms with Crippen molar-refractivity contribution in [1.29, 1.82) is 5.26 Å². The summed E-state index contributed by atoms with van der Waals surface area (Å²) in [7, 11) is 0. The summed E-state index contributed by atoms with van der Waals surface area (Å²) in [5.41, 5.74) is 2.98. The maximum atomic E-state index is 9.22. The van der Waals surface area contributed by atoms with Gasteiger partial charge in [0.25, 0.3) is 0 Å². The van der Waals surface area contributed by atoms with Crippen LogP contribution in [-0.4, -0.2) is 9.55 Å². The monoisotopic (exact) mass is 285 g/mol. The average molecular weight is 285 g/mol. The first-order chi connectivity index (χ1) is 9.52. The van der Waals surface area contributed by atoms with E-state index >= 15 is 0 Å². The van der Waals surface area contributed by atoms with Gasteiger partial charge < -0.3 is 9.55 Å². The van der Waals surface area contributed by atoms with Gasteiger partial charge in [0.15, 0.2) is 4.77 Å². The highest BCUT2D eigenvalue weighted by molar-refractivity contribution is 7.71. The molecule has 0 bridgehead atoms. The SMILES string of the molecule is CC1(C)CCCC(n2c(=S)[nH]c3c(C#N)cccc32)C1. The Kier molecular flexibility index (Phi) is 3.18. The number of imidazole rings is 1. The number of nitrogens with zero attached hydrogens (tertiary/aromatic N) is 2. The number of aromatic amines is 1. The van der Waals surface area contributed by atoms with Crippen LogP contribution in [0.3, 0.4) is 0 Å². The smallest absolute Gasteiger partial charge is 0.178 e.